The van der Waals surface area contributed by atoms with Gasteiger partial charge in [-0.25, -0.2) is 0 Å². The molecule has 2 heterocycles. The van der Waals surface area contributed by atoms with Crippen molar-refractivity contribution in [3.63, 3.8) is 0 Å². The van der Waals surface area contributed by atoms with Crippen LogP contribution in [0.25, 0.3) is 17.3 Å². The monoisotopic (exact) mass is 481 g/mol. The lowest BCUT2D eigenvalue weighted by Crippen LogP contribution is -2.20. The van der Waals surface area contributed by atoms with Crippen LogP contribution in [-0.4, -0.2) is 22.4 Å². The Morgan fingerprint density at radius 2 is 1.54 bits per heavy atom. The molecule has 7 heteroatoms. The van der Waals surface area contributed by atoms with Crippen molar-refractivity contribution >= 4 is 40.7 Å². The molecule has 0 atom stereocenters. The summed E-state index contributed by atoms with van der Waals surface area (Å²) in [5.41, 5.74) is 6.87. The lowest BCUT2D eigenvalue weighted by Gasteiger charge is -2.11. The zero-order valence-electron chi connectivity index (χ0n) is 19.6. The standard InChI is InChI=1S/C28H23N3O3S/c1-18-16-20(17-26-25-6-4-5-7-27(25)29(3)28(26)32)19(2)30(18)21-8-12-23(13-9-21)35-24-14-10-22(11-15-24)31(33)34/h4-17H,1-3H3/b26-17+. The molecule has 0 saturated carbocycles. The number of para-hydroxylation sites is 1. The van der Waals surface area contributed by atoms with Gasteiger partial charge in [-0.15, -0.1) is 0 Å². The zero-order chi connectivity index (χ0) is 24.7. The van der Waals surface area contributed by atoms with Crippen LogP contribution >= 0.6 is 11.8 Å². The van der Waals surface area contributed by atoms with Gasteiger partial charge in [0.05, 0.1) is 10.6 Å². The first-order chi connectivity index (χ1) is 16.8. The largest absolute Gasteiger partial charge is 0.318 e. The van der Waals surface area contributed by atoms with Crippen molar-refractivity contribution in [3.05, 3.63) is 111 Å². The van der Waals surface area contributed by atoms with Gasteiger partial charge in [0.15, 0.2) is 0 Å². The molecule has 1 aliphatic rings. The van der Waals surface area contributed by atoms with E-state index in [1.54, 1.807) is 28.8 Å². The normalized spacial score (nSPS) is 14.0. The fourth-order valence-corrected chi connectivity index (χ4v) is 5.28. The first-order valence-electron chi connectivity index (χ1n) is 11.1. The Balaban J connectivity index is 1.42. The van der Waals surface area contributed by atoms with Crippen LogP contribution < -0.4 is 4.90 Å². The van der Waals surface area contributed by atoms with Crippen LogP contribution in [0.3, 0.4) is 0 Å². The summed E-state index contributed by atoms with van der Waals surface area (Å²) in [6.45, 7) is 4.12. The van der Waals surface area contributed by atoms with Crippen molar-refractivity contribution in [3.8, 4) is 5.69 Å². The summed E-state index contributed by atoms with van der Waals surface area (Å²) in [5.74, 6) is 0.00336. The fourth-order valence-electron chi connectivity index (χ4n) is 4.46. The average molecular weight is 482 g/mol. The lowest BCUT2D eigenvalue weighted by atomic mass is 10.0. The van der Waals surface area contributed by atoms with Crippen LogP contribution in [0.1, 0.15) is 22.5 Å². The summed E-state index contributed by atoms with van der Waals surface area (Å²) >= 11 is 1.56. The molecular formula is C28H23N3O3S. The number of nitro groups is 1. The van der Waals surface area contributed by atoms with Gasteiger partial charge < -0.3 is 9.47 Å². The second-order valence-corrected chi connectivity index (χ2v) is 9.60. The number of hydrogen-bond donors (Lipinski definition) is 0. The summed E-state index contributed by atoms with van der Waals surface area (Å²) in [5, 5.41) is 10.9. The minimum absolute atomic E-state index is 0.00336. The van der Waals surface area contributed by atoms with Gasteiger partial charge in [0.25, 0.3) is 11.6 Å². The Hall–Kier alpha value is -4.10. The van der Waals surface area contributed by atoms with Gasteiger partial charge in [-0.2, -0.15) is 0 Å². The number of nitrogens with zero attached hydrogens (tertiary/aromatic N) is 3. The second-order valence-electron chi connectivity index (χ2n) is 8.45. The van der Waals surface area contributed by atoms with Crippen LogP contribution in [0.15, 0.2) is 88.7 Å². The smallest absolute Gasteiger partial charge is 0.269 e. The van der Waals surface area contributed by atoms with Gasteiger partial charge in [0.2, 0.25) is 0 Å². The number of aromatic nitrogens is 1. The van der Waals surface area contributed by atoms with Gasteiger partial charge in [-0.3, -0.25) is 14.9 Å². The van der Waals surface area contributed by atoms with Crippen molar-refractivity contribution in [1.29, 1.82) is 0 Å². The number of likely N-dealkylation sites (N-methyl/N-ethyl adjacent to an activating group) is 1. The number of fused-ring (bicyclic) bond motifs is 1. The van der Waals surface area contributed by atoms with Gasteiger partial charge in [-0.1, -0.05) is 30.0 Å². The number of nitro benzene ring substituents is 1. The molecule has 0 radical (unpaired) electrons. The highest BCUT2D eigenvalue weighted by atomic mass is 32.2. The van der Waals surface area contributed by atoms with Crippen LogP contribution in [0.4, 0.5) is 11.4 Å². The third-order valence-corrected chi connectivity index (χ3v) is 7.25. The zero-order valence-corrected chi connectivity index (χ0v) is 20.4. The van der Waals surface area contributed by atoms with Crippen LogP contribution in [0, 0.1) is 24.0 Å². The van der Waals surface area contributed by atoms with Crippen molar-refractivity contribution in [2.75, 3.05) is 11.9 Å². The number of hydrogen-bond acceptors (Lipinski definition) is 4. The molecule has 4 aromatic rings. The maximum atomic E-state index is 12.9. The highest BCUT2D eigenvalue weighted by Crippen LogP contribution is 2.37. The Labute approximate surface area is 207 Å². The molecule has 5 rings (SSSR count). The average Bonchev–Trinajstić information content (AvgIpc) is 3.27. The predicted octanol–water partition coefficient (Wildman–Crippen LogP) is 6.67. The molecule has 0 unspecified atom stereocenters. The molecule has 3 aromatic carbocycles. The van der Waals surface area contributed by atoms with E-state index in [2.05, 4.69) is 36.6 Å². The number of amides is 1. The van der Waals surface area contributed by atoms with Gasteiger partial charge >= 0.3 is 0 Å². The third-order valence-electron chi connectivity index (χ3n) is 6.24. The maximum Gasteiger partial charge on any atom is 0.269 e. The van der Waals surface area contributed by atoms with Crippen molar-refractivity contribution in [1.82, 2.24) is 4.57 Å². The number of carbonyl (C=O) groups is 1. The second kappa shape index (κ2) is 8.92. The summed E-state index contributed by atoms with van der Waals surface area (Å²) in [6, 6.07) is 24.7. The molecule has 1 aromatic heterocycles. The number of carbonyl (C=O) groups excluding carboxylic acids is 1. The van der Waals surface area contributed by atoms with Crippen LogP contribution in [0.2, 0.25) is 0 Å². The highest BCUT2D eigenvalue weighted by molar-refractivity contribution is 7.99. The molecule has 0 saturated heterocycles. The number of rotatable bonds is 5. The molecule has 35 heavy (non-hydrogen) atoms. The van der Waals surface area contributed by atoms with E-state index in [4.69, 9.17) is 0 Å². The lowest BCUT2D eigenvalue weighted by molar-refractivity contribution is -0.384. The summed E-state index contributed by atoms with van der Waals surface area (Å²) in [7, 11) is 1.81. The quantitative estimate of drug-likeness (QED) is 0.181. The van der Waals surface area contributed by atoms with Gasteiger partial charge in [-0.05, 0) is 74.0 Å². The Morgan fingerprint density at radius 1 is 0.914 bits per heavy atom. The maximum absolute atomic E-state index is 12.9. The van der Waals surface area contributed by atoms with E-state index in [1.165, 1.54) is 12.1 Å². The van der Waals surface area contributed by atoms with Crippen LogP contribution in [-0.2, 0) is 4.79 Å². The topological polar surface area (TPSA) is 68.4 Å². The Kier molecular flexibility index (Phi) is 5.78. The van der Waals surface area contributed by atoms with Gasteiger partial charge in [0, 0.05) is 57.2 Å². The van der Waals surface area contributed by atoms with E-state index in [9.17, 15) is 14.9 Å². The van der Waals surface area contributed by atoms with E-state index >= 15 is 0 Å². The molecule has 174 valence electrons. The molecule has 0 spiro atoms. The predicted molar refractivity (Wildman–Crippen MR) is 140 cm³/mol. The number of aryl methyl sites for hydroxylation is 1. The molecule has 1 aliphatic heterocycles. The number of anilines is 1. The first kappa shape index (κ1) is 22.7. The van der Waals surface area contributed by atoms with E-state index < -0.39 is 4.92 Å². The molecule has 0 bridgehead atoms. The Morgan fingerprint density at radius 3 is 2.20 bits per heavy atom. The molecule has 6 nitrogen and oxygen atoms in total. The molecule has 0 aliphatic carbocycles. The van der Waals surface area contributed by atoms with Crippen LogP contribution in [0.5, 0.6) is 0 Å². The van der Waals surface area contributed by atoms with Crippen molar-refractivity contribution in [2.45, 2.75) is 23.6 Å². The van der Waals surface area contributed by atoms with E-state index in [-0.39, 0.29) is 11.6 Å². The molecular weight excluding hydrogens is 458 g/mol. The molecule has 0 N–H and O–H groups in total. The minimum atomic E-state index is -0.394. The third kappa shape index (κ3) is 4.15. The van der Waals surface area contributed by atoms with E-state index in [0.29, 0.717) is 5.57 Å². The summed E-state index contributed by atoms with van der Waals surface area (Å²) in [4.78, 5) is 27.0. The van der Waals surface area contributed by atoms with E-state index in [1.807, 2.05) is 49.5 Å². The molecule has 1 amide bonds. The first-order valence-corrected chi connectivity index (χ1v) is 12.0. The summed E-state index contributed by atoms with van der Waals surface area (Å²) in [6.07, 6.45) is 1.99. The number of non-ortho nitro benzene ring substituents is 1. The molecule has 0 fully saturated rings. The summed E-state index contributed by atoms with van der Waals surface area (Å²) < 4.78 is 2.18. The highest BCUT2D eigenvalue weighted by Gasteiger charge is 2.29. The number of benzene rings is 3. The SMILES string of the molecule is Cc1cc(/C=C2/C(=O)N(C)c3ccccc32)c(C)n1-c1ccc(Sc2ccc([N+](=O)[O-])cc2)cc1. The minimum Gasteiger partial charge on any atom is -0.318 e. The Bertz CT molecular complexity index is 1490. The van der Waals surface area contributed by atoms with Crippen molar-refractivity contribution in [2.24, 2.45) is 0 Å². The van der Waals surface area contributed by atoms with Gasteiger partial charge in [0.1, 0.15) is 0 Å². The van der Waals surface area contributed by atoms with E-state index in [0.717, 1.165) is 43.7 Å². The van der Waals surface area contributed by atoms with Crippen molar-refractivity contribution < 1.29 is 9.72 Å². The fraction of sp³-hybridized carbons (Fsp3) is 0.107.